The molecule has 104 valence electrons. The van der Waals surface area contributed by atoms with Crippen LogP contribution in [0.1, 0.15) is 47.8 Å². The van der Waals surface area contributed by atoms with Crippen molar-refractivity contribution in [2.24, 2.45) is 0 Å². The van der Waals surface area contributed by atoms with Gasteiger partial charge in [0.1, 0.15) is 0 Å². The number of carboxylic acid groups (broad SMARTS) is 1. The number of carbonyl (C=O) groups excluding carboxylic acids is 1. The van der Waals surface area contributed by atoms with E-state index in [1.807, 2.05) is 13.8 Å². The fourth-order valence-corrected chi connectivity index (χ4v) is 2.09. The Labute approximate surface area is 110 Å². The molecular weight excluding hydrogens is 250 g/mol. The molecule has 1 unspecified atom stereocenters. The smallest absolute Gasteiger partial charge is 0.371 e. The van der Waals surface area contributed by atoms with Crippen LogP contribution in [0.4, 0.5) is 0 Å². The summed E-state index contributed by atoms with van der Waals surface area (Å²) in [5.74, 6) is -1.88. The molecule has 1 atom stereocenters. The summed E-state index contributed by atoms with van der Waals surface area (Å²) in [6.45, 7) is 4.42. The Morgan fingerprint density at radius 2 is 2.11 bits per heavy atom. The van der Waals surface area contributed by atoms with Crippen LogP contribution in [-0.2, 0) is 4.74 Å². The summed E-state index contributed by atoms with van der Waals surface area (Å²) in [7, 11) is 0. The standard InChI is InChI=1S/C13H17NO5/c1-13(2)6-5-8(19-13)7-14-11(15)9-3-4-10(18-9)12(16)17/h3-4,8H,5-7H2,1-2H3,(H,14,15)(H,16,17). The first kappa shape index (κ1) is 13.6. The van der Waals surface area contributed by atoms with Crippen molar-refractivity contribution in [3.8, 4) is 0 Å². The average Bonchev–Trinajstić information content (AvgIpc) is 2.92. The Balaban J connectivity index is 1.86. The molecule has 1 saturated heterocycles. The van der Waals surface area contributed by atoms with Crippen LogP contribution in [0.3, 0.4) is 0 Å². The lowest BCUT2D eigenvalue weighted by atomic mass is 10.1. The second kappa shape index (κ2) is 5.05. The molecule has 1 aromatic rings. The third-order valence-corrected chi connectivity index (χ3v) is 3.08. The Morgan fingerprint density at radius 1 is 1.42 bits per heavy atom. The summed E-state index contributed by atoms with van der Waals surface area (Å²) < 4.78 is 10.6. The molecule has 0 bridgehead atoms. The maximum absolute atomic E-state index is 11.7. The quantitative estimate of drug-likeness (QED) is 0.866. The fourth-order valence-electron chi connectivity index (χ4n) is 2.09. The molecule has 19 heavy (non-hydrogen) atoms. The van der Waals surface area contributed by atoms with Crippen LogP contribution in [0.2, 0.25) is 0 Å². The largest absolute Gasteiger partial charge is 0.475 e. The van der Waals surface area contributed by atoms with E-state index in [0.717, 1.165) is 12.8 Å². The highest BCUT2D eigenvalue weighted by molar-refractivity contribution is 5.93. The summed E-state index contributed by atoms with van der Waals surface area (Å²) >= 11 is 0. The maximum Gasteiger partial charge on any atom is 0.371 e. The van der Waals surface area contributed by atoms with Crippen LogP contribution in [0, 0.1) is 0 Å². The summed E-state index contributed by atoms with van der Waals surface area (Å²) in [4.78, 5) is 22.4. The lowest BCUT2D eigenvalue weighted by molar-refractivity contribution is -0.0139. The average molecular weight is 267 g/mol. The zero-order valence-electron chi connectivity index (χ0n) is 10.9. The number of rotatable bonds is 4. The van der Waals surface area contributed by atoms with Crippen molar-refractivity contribution in [3.05, 3.63) is 23.7 Å². The van der Waals surface area contributed by atoms with Crippen molar-refractivity contribution in [1.82, 2.24) is 5.32 Å². The van der Waals surface area contributed by atoms with Crippen LogP contribution in [0.25, 0.3) is 0 Å². The van der Waals surface area contributed by atoms with Crippen molar-refractivity contribution in [2.75, 3.05) is 6.54 Å². The van der Waals surface area contributed by atoms with Crippen LogP contribution >= 0.6 is 0 Å². The molecule has 0 spiro atoms. The van der Waals surface area contributed by atoms with E-state index >= 15 is 0 Å². The highest BCUT2D eigenvalue weighted by atomic mass is 16.5. The second-order valence-electron chi connectivity index (χ2n) is 5.22. The Kier molecular flexibility index (Phi) is 3.61. The first-order valence-electron chi connectivity index (χ1n) is 6.16. The highest BCUT2D eigenvalue weighted by Gasteiger charge is 2.31. The minimum absolute atomic E-state index is 0.00495. The number of carboxylic acids is 1. The summed E-state index contributed by atoms with van der Waals surface area (Å²) in [5, 5.41) is 11.4. The van der Waals surface area contributed by atoms with E-state index in [9.17, 15) is 9.59 Å². The zero-order valence-corrected chi connectivity index (χ0v) is 10.9. The summed E-state index contributed by atoms with van der Waals surface area (Å²) in [6.07, 6.45) is 1.84. The van der Waals surface area contributed by atoms with Gasteiger partial charge in [0.2, 0.25) is 5.76 Å². The molecule has 0 aliphatic carbocycles. The number of hydrogen-bond acceptors (Lipinski definition) is 4. The molecule has 2 rings (SSSR count). The molecule has 0 saturated carbocycles. The number of furan rings is 1. The molecule has 6 nitrogen and oxygen atoms in total. The first-order valence-corrected chi connectivity index (χ1v) is 6.16. The fraction of sp³-hybridized carbons (Fsp3) is 0.538. The number of hydrogen-bond donors (Lipinski definition) is 2. The molecule has 0 radical (unpaired) electrons. The minimum Gasteiger partial charge on any atom is -0.475 e. The number of amides is 1. The van der Waals surface area contributed by atoms with Gasteiger partial charge in [-0.25, -0.2) is 4.79 Å². The van der Waals surface area contributed by atoms with Crippen molar-refractivity contribution in [3.63, 3.8) is 0 Å². The molecule has 1 amide bonds. The van der Waals surface area contributed by atoms with Crippen LogP contribution < -0.4 is 5.32 Å². The van der Waals surface area contributed by atoms with E-state index in [1.165, 1.54) is 12.1 Å². The van der Waals surface area contributed by atoms with Gasteiger partial charge < -0.3 is 19.6 Å². The Hall–Kier alpha value is -1.82. The second-order valence-corrected chi connectivity index (χ2v) is 5.22. The van der Waals surface area contributed by atoms with Crippen molar-refractivity contribution in [2.45, 2.75) is 38.4 Å². The maximum atomic E-state index is 11.7. The SMILES string of the molecule is CC1(C)CCC(CNC(=O)c2ccc(C(=O)O)o2)O1. The topological polar surface area (TPSA) is 88.8 Å². The molecule has 1 aromatic heterocycles. The van der Waals surface area contributed by atoms with Gasteiger partial charge >= 0.3 is 5.97 Å². The van der Waals surface area contributed by atoms with E-state index in [4.69, 9.17) is 14.3 Å². The summed E-state index contributed by atoms with van der Waals surface area (Å²) in [5.41, 5.74) is -0.142. The summed E-state index contributed by atoms with van der Waals surface area (Å²) in [6, 6.07) is 2.60. The normalized spacial score (nSPS) is 21.3. The molecule has 0 aromatic carbocycles. The third kappa shape index (κ3) is 3.35. The van der Waals surface area contributed by atoms with E-state index in [0.29, 0.717) is 6.54 Å². The lowest BCUT2D eigenvalue weighted by Crippen LogP contribution is -2.33. The van der Waals surface area contributed by atoms with Gasteiger partial charge in [-0.3, -0.25) is 4.79 Å². The Morgan fingerprint density at radius 3 is 2.63 bits per heavy atom. The first-order chi connectivity index (χ1) is 8.87. The Bertz CT molecular complexity index is 491. The van der Waals surface area contributed by atoms with Gasteiger partial charge in [0.25, 0.3) is 5.91 Å². The van der Waals surface area contributed by atoms with Crippen LogP contribution in [0.15, 0.2) is 16.5 Å². The molecule has 1 aliphatic heterocycles. The monoisotopic (exact) mass is 267 g/mol. The molecule has 6 heteroatoms. The van der Waals surface area contributed by atoms with Gasteiger partial charge in [-0.05, 0) is 38.8 Å². The van der Waals surface area contributed by atoms with Crippen molar-refractivity contribution in [1.29, 1.82) is 0 Å². The number of ether oxygens (including phenoxy) is 1. The zero-order chi connectivity index (χ0) is 14.0. The van der Waals surface area contributed by atoms with E-state index in [1.54, 1.807) is 0 Å². The molecular formula is C13H17NO5. The van der Waals surface area contributed by atoms with Gasteiger partial charge in [0.05, 0.1) is 11.7 Å². The number of aromatic carboxylic acids is 1. The van der Waals surface area contributed by atoms with Crippen LogP contribution in [-0.4, -0.2) is 35.2 Å². The molecule has 2 heterocycles. The lowest BCUT2D eigenvalue weighted by Gasteiger charge is -2.19. The van der Waals surface area contributed by atoms with E-state index in [-0.39, 0.29) is 23.2 Å². The van der Waals surface area contributed by atoms with Gasteiger partial charge in [-0.15, -0.1) is 0 Å². The van der Waals surface area contributed by atoms with Crippen molar-refractivity contribution < 1.29 is 23.8 Å². The highest BCUT2D eigenvalue weighted by Crippen LogP contribution is 2.28. The third-order valence-electron chi connectivity index (χ3n) is 3.08. The minimum atomic E-state index is -1.19. The predicted molar refractivity (Wildman–Crippen MR) is 66.2 cm³/mol. The van der Waals surface area contributed by atoms with Gasteiger partial charge in [0.15, 0.2) is 5.76 Å². The van der Waals surface area contributed by atoms with Gasteiger partial charge in [-0.1, -0.05) is 0 Å². The molecule has 2 N–H and O–H groups in total. The number of carbonyl (C=O) groups is 2. The van der Waals surface area contributed by atoms with E-state index in [2.05, 4.69) is 5.32 Å². The van der Waals surface area contributed by atoms with Crippen molar-refractivity contribution >= 4 is 11.9 Å². The van der Waals surface area contributed by atoms with Gasteiger partial charge in [-0.2, -0.15) is 0 Å². The molecule has 1 fully saturated rings. The van der Waals surface area contributed by atoms with Gasteiger partial charge in [0, 0.05) is 6.54 Å². The molecule has 1 aliphatic rings. The predicted octanol–water partition coefficient (Wildman–Crippen LogP) is 1.67. The van der Waals surface area contributed by atoms with Crippen LogP contribution in [0.5, 0.6) is 0 Å². The van der Waals surface area contributed by atoms with E-state index < -0.39 is 11.9 Å². The number of nitrogens with one attached hydrogen (secondary N) is 1.